The molecule has 1 fully saturated rings. The van der Waals surface area contributed by atoms with Crippen LogP contribution in [0.4, 0.5) is 5.82 Å². The largest absolute Gasteiger partial charge is 0.308 e. The summed E-state index contributed by atoms with van der Waals surface area (Å²) in [5, 5.41) is 9.38. The van der Waals surface area contributed by atoms with Gasteiger partial charge in [-0.2, -0.15) is 5.10 Å². The van der Waals surface area contributed by atoms with E-state index in [1.807, 2.05) is 30.3 Å². The van der Waals surface area contributed by atoms with Gasteiger partial charge in [-0.1, -0.05) is 64.6 Å². The third-order valence-electron chi connectivity index (χ3n) is 4.73. The first-order chi connectivity index (χ1) is 13.4. The Hall–Kier alpha value is -1.72. The van der Waals surface area contributed by atoms with Crippen molar-refractivity contribution in [2.24, 2.45) is 5.92 Å². The summed E-state index contributed by atoms with van der Waals surface area (Å²) in [6.07, 6.45) is 2.46. The van der Waals surface area contributed by atoms with Crippen molar-refractivity contribution >= 4 is 58.1 Å². The maximum Gasteiger partial charge on any atom is 0.229 e. The van der Waals surface area contributed by atoms with Crippen molar-refractivity contribution in [3.63, 3.8) is 0 Å². The van der Waals surface area contributed by atoms with Crippen molar-refractivity contribution in [2.75, 3.05) is 5.32 Å². The van der Waals surface area contributed by atoms with Crippen molar-refractivity contribution < 1.29 is 4.79 Å². The highest BCUT2D eigenvalue weighted by molar-refractivity contribution is 6.35. The van der Waals surface area contributed by atoms with Gasteiger partial charge in [0.25, 0.3) is 0 Å². The fourth-order valence-corrected chi connectivity index (χ4v) is 3.95. The van der Waals surface area contributed by atoms with E-state index in [-0.39, 0.29) is 17.7 Å². The molecule has 2 aromatic carbocycles. The molecule has 8 heteroatoms. The summed E-state index contributed by atoms with van der Waals surface area (Å²) < 4.78 is 1.64. The van der Waals surface area contributed by atoms with Gasteiger partial charge in [-0.05, 0) is 47.7 Å². The van der Waals surface area contributed by atoms with Gasteiger partial charge >= 0.3 is 0 Å². The van der Waals surface area contributed by atoms with Crippen LogP contribution in [0.2, 0.25) is 20.1 Å². The van der Waals surface area contributed by atoms with Crippen LogP contribution in [0.5, 0.6) is 0 Å². The molecule has 4 rings (SSSR count). The number of hydrogen-bond acceptors (Lipinski definition) is 2. The van der Waals surface area contributed by atoms with Crippen LogP contribution in [-0.2, 0) is 11.3 Å². The number of amides is 1. The number of carbonyl (C=O) groups excluding carboxylic acids is 1. The molecule has 0 saturated heterocycles. The van der Waals surface area contributed by atoms with E-state index in [0.717, 1.165) is 17.5 Å². The molecule has 0 aliphatic heterocycles. The molecule has 1 aliphatic rings. The lowest BCUT2D eigenvalue weighted by atomic mass is 10.1. The first-order valence-corrected chi connectivity index (χ1v) is 10.1. The average Bonchev–Trinajstić information content (AvgIpc) is 3.38. The predicted molar refractivity (Wildman–Crippen MR) is 114 cm³/mol. The molecule has 0 spiro atoms. The third-order valence-corrected chi connectivity index (χ3v) is 5.85. The maximum absolute atomic E-state index is 12.6. The lowest BCUT2D eigenvalue weighted by Crippen LogP contribution is -2.15. The topological polar surface area (TPSA) is 46.9 Å². The number of nitrogens with zero attached hydrogens (tertiary/aromatic N) is 2. The number of hydrogen-bond donors (Lipinski definition) is 1. The van der Waals surface area contributed by atoms with E-state index in [0.29, 0.717) is 32.5 Å². The van der Waals surface area contributed by atoms with Gasteiger partial charge in [-0.15, -0.1) is 0 Å². The van der Waals surface area contributed by atoms with Crippen molar-refractivity contribution in [1.82, 2.24) is 9.78 Å². The molecule has 3 aromatic rings. The van der Waals surface area contributed by atoms with E-state index in [4.69, 9.17) is 46.4 Å². The first kappa shape index (κ1) is 19.6. The fraction of sp³-hybridized carbons (Fsp3) is 0.200. The summed E-state index contributed by atoms with van der Waals surface area (Å²) in [6.45, 7) is 0.419. The molecule has 1 saturated carbocycles. The maximum atomic E-state index is 12.6. The van der Waals surface area contributed by atoms with E-state index < -0.39 is 0 Å². The van der Waals surface area contributed by atoms with Gasteiger partial charge in [0.2, 0.25) is 5.91 Å². The highest BCUT2D eigenvalue weighted by atomic mass is 35.5. The molecule has 0 bridgehead atoms. The van der Waals surface area contributed by atoms with Crippen molar-refractivity contribution in [2.45, 2.75) is 18.9 Å². The van der Waals surface area contributed by atoms with Crippen molar-refractivity contribution in [3.05, 3.63) is 79.9 Å². The van der Waals surface area contributed by atoms with E-state index in [1.165, 1.54) is 0 Å². The minimum absolute atomic E-state index is 0.0865. The first-order valence-electron chi connectivity index (χ1n) is 8.64. The lowest BCUT2D eigenvalue weighted by Gasteiger charge is -2.05. The second kappa shape index (κ2) is 7.96. The van der Waals surface area contributed by atoms with Crippen LogP contribution in [0.3, 0.4) is 0 Å². The van der Waals surface area contributed by atoms with Gasteiger partial charge in [-0.25, -0.2) is 0 Å². The van der Waals surface area contributed by atoms with E-state index in [2.05, 4.69) is 10.4 Å². The molecular formula is C20H15Cl4N3O. The quantitative estimate of drug-likeness (QED) is 0.492. The fourth-order valence-electron chi connectivity index (χ4n) is 3.16. The Bertz CT molecular complexity index is 1030. The normalized spacial score (nSPS) is 18.1. The molecule has 1 aromatic heterocycles. The van der Waals surface area contributed by atoms with Crippen LogP contribution < -0.4 is 5.32 Å². The summed E-state index contributed by atoms with van der Waals surface area (Å²) in [7, 11) is 0. The number of carbonyl (C=O) groups is 1. The Morgan fingerprint density at radius 2 is 1.75 bits per heavy atom. The van der Waals surface area contributed by atoms with Crippen LogP contribution in [-0.4, -0.2) is 15.7 Å². The van der Waals surface area contributed by atoms with Gasteiger partial charge < -0.3 is 5.32 Å². The summed E-state index contributed by atoms with van der Waals surface area (Å²) in [5.74, 6) is 0.370. The molecule has 1 aliphatic carbocycles. The lowest BCUT2D eigenvalue weighted by molar-refractivity contribution is -0.117. The predicted octanol–water partition coefficient (Wildman–Crippen LogP) is 6.29. The highest BCUT2D eigenvalue weighted by Gasteiger charge is 2.44. The molecule has 4 nitrogen and oxygen atoms in total. The van der Waals surface area contributed by atoms with Crippen molar-refractivity contribution in [3.8, 4) is 0 Å². The Morgan fingerprint density at radius 3 is 2.46 bits per heavy atom. The zero-order chi connectivity index (χ0) is 19.8. The Morgan fingerprint density at radius 1 is 1.04 bits per heavy atom. The molecule has 2 unspecified atom stereocenters. The molecule has 1 N–H and O–H groups in total. The molecule has 1 heterocycles. The minimum Gasteiger partial charge on any atom is -0.308 e. The summed E-state index contributed by atoms with van der Waals surface area (Å²) in [5.41, 5.74) is 1.96. The molecule has 144 valence electrons. The van der Waals surface area contributed by atoms with Gasteiger partial charge in [-0.3, -0.25) is 9.48 Å². The molecular weight excluding hydrogens is 440 g/mol. The second-order valence-electron chi connectivity index (χ2n) is 6.75. The SMILES string of the molecule is O=C(Nc1nn(Cc2ccc(Cl)cc2Cl)cc1Cl)C1CC1c1ccc(Cl)cc1. The minimum atomic E-state index is -0.0897. The van der Waals surface area contributed by atoms with Crippen LogP contribution in [0.15, 0.2) is 48.7 Å². The zero-order valence-electron chi connectivity index (χ0n) is 14.5. The molecule has 0 radical (unpaired) electrons. The number of aromatic nitrogens is 2. The summed E-state index contributed by atoms with van der Waals surface area (Å²) in [4.78, 5) is 12.6. The van der Waals surface area contributed by atoms with Gasteiger partial charge in [0.05, 0.1) is 6.54 Å². The Kier molecular flexibility index (Phi) is 5.57. The smallest absolute Gasteiger partial charge is 0.229 e. The summed E-state index contributed by atoms with van der Waals surface area (Å²) in [6, 6.07) is 12.9. The third kappa shape index (κ3) is 4.31. The number of nitrogens with one attached hydrogen (secondary N) is 1. The van der Waals surface area contributed by atoms with Gasteiger partial charge in [0, 0.05) is 27.2 Å². The van der Waals surface area contributed by atoms with Crippen molar-refractivity contribution in [1.29, 1.82) is 0 Å². The van der Waals surface area contributed by atoms with Crippen LogP contribution in [0, 0.1) is 5.92 Å². The molecule has 2 atom stereocenters. The highest BCUT2D eigenvalue weighted by Crippen LogP contribution is 2.48. The zero-order valence-corrected chi connectivity index (χ0v) is 17.5. The second-order valence-corrected chi connectivity index (χ2v) is 8.44. The molecule has 28 heavy (non-hydrogen) atoms. The van der Waals surface area contributed by atoms with Crippen LogP contribution in [0.25, 0.3) is 0 Å². The Labute approximate surface area is 182 Å². The van der Waals surface area contributed by atoms with E-state index in [1.54, 1.807) is 23.0 Å². The van der Waals surface area contributed by atoms with Gasteiger partial charge in [0.1, 0.15) is 5.02 Å². The monoisotopic (exact) mass is 453 g/mol. The van der Waals surface area contributed by atoms with E-state index in [9.17, 15) is 4.79 Å². The Balaban J connectivity index is 1.41. The van der Waals surface area contributed by atoms with Gasteiger partial charge in [0.15, 0.2) is 5.82 Å². The number of rotatable bonds is 5. The van der Waals surface area contributed by atoms with E-state index >= 15 is 0 Å². The molecule has 1 amide bonds. The van der Waals surface area contributed by atoms with Crippen LogP contribution >= 0.6 is 46.4 Å². The number of anilines is 1. The average molecular weight is 455 g/mol. The standard InChI is InChI=1S/C20H15Cl4N3O/c21-13-4-1-11(2-5-13)15-8-16(15)20(28)25-19-18(24)10-27(26-19)9-12-3-6-14(22)7-17(12)23/h1-7,10,15-16H,8-9H2,(H,25,26,28). The number of benzene rings is 2. The van der Waals surface area contributed by atoms with Crippen LogP contribution in [0.1, 0.15) is 23.5 Å². The number of halogens is 4. The summed E-state index contributed by atoms with van der Waals surface area (Å²) >= 11 is 24.3.